The zero-order valence-electron chi connectivity index (χ0n) is 16.6. The summed E-state index contributed by atoms with van der Waals surface area (Å²) in [6.45, 7) is 5.80. The summed E-state index contributed by atoms with van der Waals surface area (Å²) in [5.41, 5.74) is 11.9. The third kappa shape index (κ3) is 3.36. The molecule has 2 N–H and O–H groups in total. The Morgan fingerprint density at radius 3 is 2.50 bits per heavy atom. The summed E-state index contributed by atoms with van der Waals surface area (Å²) in [6, 6.07) is 8.18. The Morgan fingerprint density at radius 2 is 1.86 bits per heavy atom. The molecule has 0 saturated carbocycles. The molecule has 1 fully saturated rings. The van der Waals surface area contributed by atoms with E-state index in [1.165, 1.54) is 0 Å². The molecule has 1 saturated heterocycles. The van der Waals surface area contributed by atoms with Gasteiger partial charge in [0.15, 0.2) is 17.1 Å². The number of nitrogens with zero attached hydrogens (tertiary/aromatic N) is 4. The van der Waals surface area contributed by atoms with Gasteiger partial charge < -0.3 is 20.1 Å². The minimum absolute atomic E-state index is 0. The monoisotopic (exact) mass is 403 g/mol. The van der Waals surface area contributed by atoms with Crippen molar-refractivity contribution in [3.05, 3.63) is 35.7 Å². The molecule has 0 bridgehead atoms. The summed E-state index contributed by atoms with van der Waals surface area (Å²) in [4.78, 5) is 7.15. The number of halogens is 1. The van der Waals surface area contributed by atoms with Crippen molar-refractivity contribution >= 4 is 23.7 Å². The van der Waals surface area contributed by atoms with Crippen LogP contribution in [-0.4, -0.2) is 47.9 Å². The van der Waals surface area contributed by atoms with Gasteiger partial charge in [-0.2, -0.15) is 5.10 Å². The van der Waals surface area contributed by atoms with E-state index in [2.05, 4.69) is 11.0 Å². The fourth-order valence-electron chi connectivity index (χ4n) is 3.78. The molecule has 150 valence electrons. The molecule has 1 atom stereocenters. The number of nitrogens with two attached hydrogens (primary N) is 1. The van der Waals surface area contributed by atoms with Gasteiger partial charge in [0.05, 0.1) is 37.0 Å². The van der Waals surface area contributed by atoms with Crippen LogP contribution in [0.1, 0.15) is 17.8 Å². The van der Waals surface area contributed by atoms with E-state index in [0.717, 1.165) is 53.5 Å². The van der Waals surface area contributed by atoms with Crippen molar-refractivity contribution in [3.8, 4) is 22.8 Å². The molecular formula is C20H26ClN5O2. The number of rotatable bonds is 4. The summed E-state index contributed by atoms with van der Waals surface area (Å²) in [5, 5.41) is 4.75. The first-order valence-corrected chi connectivity index (χ1v) is 9.11. The van der Waals surface area contributed by atoms with Crippen molar-refractivity contribution in [2.45, 2.75) is 26.3 Å². The lowest BCUT2D eigenvalue weighted by Gasteiger charge is -2.19. The van der Waals surface area contributed by atoms with Gasteiger partial charge in [0, 0.05) is 24.7 Å². The summed E-state index contributed by atoms with van der Waals surface area (Å²) in [5.74, 6) is 1.38. The summed E-state index contributed by atoms with van der Waals surface area (Å²) in [7, 11) is 3.27. The minimum Gasteiger partial charge on any atom is -0.493 e. The number of aryl methyl sites for hydroxylation is 2. The molecule has 0 spiro atoms. The molecule has 0 radical (unpaired) electrons. The SMILES string of the molecule is COc1ccc(-c2c(C)nc3c(N4CC[C@@H](N)C4)cc(C)nn23)cc1OC.Cl. The highest BCUT2D eigenvalue weighted by Crippen LogP contribution is 2.35. The Morgan fingerprint density at radius 1 is 1.11 bits per heavy atom. The Labute approximate surface area is 170 Å². The number of hydrogen-bond donors (Lipinski definition) is 1. The van der Waals surface area contributed by atoms with Crippen LogP contribution in [0.2, 0.25) is 0 Å². The van der Waals surface area contributed by atoms with Crippen molar-refractivity contribution < 1.29 is 9.47 Å². The number of hydrogen-bond acceptors (Lipinski definition) is 6. The van der Waals surface area contributed by atoms with E-state index in [0.29, 0.717) is 11.5 Å². The van der Waals surface area contributed by atoms with E-state index >= 15 is 0 Å². The molecule has 7 nitrogen and oxygen atoms in total. The molecule has 28 heavy (non-hydrogen) atoms. The Balaban J connectivity index is 0.00000225. The van der Waals surface area contributed by atoms with E-state index in [9.17, 15) is 0 Å². The van der Waals surface area contributed by atoms with Crippen LogP contribution in [0.4, 0.5) is 5.69 Å². The second-order valence-corrected chi connectivity index (χ2v) is 7.02. The first-order valence-electron chi connectivity index (χ1n) is 9.11. The van der Waals surface area contributed by atoms with Gasteiger partial charge in [-0.1, -0.05) is 0 Å². The highest BCUT2D eigenvalue weighted by atomic mass is 35.5. The number of benzene rings is 1. The van der Waals surface area contributed by atoms with Crippen LogP contribution in [0, 0.1) is 13.8 Å². The largest absolute Gasteiger partial charge is 0.493 e. The number of fused-ring (bicyclic) bond motifs is 1. The van der Waals surface area contributed by atoms with Gasteiger partial charge in [0.2, 0.25) is 0 Å². The van der Waals surface area contributed by atoms with Gasteiger partial charge >= 0.3 is 0 Å². The fourth-order valence-corrected chi connectivity index (χ4v) is 3.78. The third-order valence-corrected chi connectivity index (χ3v) is 5.08. The van der Waals surface area contributed by atoms with Gasteiger partial charge in [0.1, 0.15) is 0 Å². The van der Waals surface area contributed by atoms with Crippen LogP contribution in [0.25, 0.3) is 16.9 Å². The molecule has 0 aliphatic carbocycles. The van der Waals surface area contributed by atoms with E-state index in [1.54, 1.807) is 14.2 Å². The van der Waals surface area contributed by atoms with E-state index < -0.39 is 0 Å². The van der Waals surface area contributed by atoms with Crippen molar-refractivity contribution in [2.24, 2.45) is 5.73 Å². The Kier molecular flexibility index (Phi) is 5.67. The molecule has 1 aliphatic rings. The first kappa shape index (κ1) is 20.2. The molecule has 0 unspecified atom stereocenters. The van der Waals surface area contributed by atoms with Gasteiger partial charge in [-0.05, 0) is 44.5 Å². The maximum atomic E-state index is 6.12. The molecule has 2 aromatic heterocycles. The standard InChI is InChI=1S/C20H25N5O2.ClH/c1-12-9-16(24-8-7-15(21)11-24)20-22-13(2)19(25(20)23-12)14-5-6-17(26-3)18(10-14)27-4;/h5-6,9-10,15H,7-8,11,21H2,1-4H3;1H/t15-;/m1./s1. The van der Waals surface area contributed by atoms with Gasteiger partial charge in [0.25, 0.3) is 0 Å². The molecule has 1 aromatic carbocycles. The highest BCUT2D eigenvalue weighted by Gasteiger charge is 2.24. The Hall–Kier alpha value is -2.51. The Bertz CT molecular complexity index is 1000. The average Bonchev–Trinajstić information content (AvgIpc) is 3.23. The summed E-state index contributed by atoms with van der Waals surface area (Å²) in [6.07, 6.45) is 0.996. The lowest BCUT2D eigenvalue weighted by molar-refractivity contribution is 0.355. The maximum absolute atomic E-state index is 6.12. The maximum Gasteiger partial charge on any atom is 0.178 e. The minimum atomic E-state index is 0. The third-order valence-electron chi connectivity index (χ3n) is 5.08. The van der Waals surface area contributed by atoms with Crippen LogP contribution in [0.5, 0.6) is 11.5 Å². The average molecular weight is 404 g/mol. The zero-order chi connectivity index (χ0) is 19.1. The predicted molar refractivity (Wildman–Crippen MR) is 113 cm³/mol. The van der Waals surface area contributed by atoms with Crippen LogP contribution in [0.15, 0.2) is 24.3 Å². The first-order chi connectivity index (χ1) is 13.0. The quantitative estimate of drug-likeness (QED) is 0.721. The summed E-state index contributed by atoms with van der Waals surface area (Å²) >= 11 is 0. The number of aromatic nitrogens is 3. The number of imidazole rings is 1. The van der Waals surface area contributed by atoms with Crippen LogP contribution in [0.3, 0.4) is 0 Å². The molecule has 3 heterocycles. The lowest BCUT2D eigenvalue weighted by atomic mass is 10.1. The van der Waals surface area contributed by atoms with Crippen molar-refractivity contribution in [1.29, 1.82) is 0 Å². The number of methoxy groups -OCH3 is 2. The van der Waals surface area contributed by atoms with Gasteiger partial charge in [-0.3, -0.25) is 0 Å². The molecular weight excluding hydrogens is 378 g/mol. The van der Waals surface area contributed by atoms with Gasteiger partial charge in [-0.15, -0.1) is 12.4 Å². The summed E-state index contributed by atoms with van der Waals surface area (Å²) < 4.78 is 12.8. The fraction of sp³-hybridized carbons (Fsp3) is 0.400. The van der Waals surface area contributed by atoms with Crippen molar-refractivity contribution in [1.82, 2.24) is 14.6 Å². The predicted octanol–water partition coefficient (Wildman–Crippen LogP) is 2.99. The zero-order valence-corrected chi connectivity index (χ0v) is 17.4. The van der Waals surface area contributed by atoms with Crippen LogP contribution >= 0.6 is 12.4 Å². The second-order valence-electron chi connectivity index (χ2n) is 7.02. The van der Waals surface area contributed by atoms with Crippen molar-refractivity contribution in [3.63, 3.8) is 0 Å². The number of ether oxygens (including phenoxy) is 2. The lowest BCUT2D eigenvalue weighted by Crippen LogP contribution is -2.27. The van der Waals surface area contributed by atoms with E-state index in [-0.39, 0.29) is 18.4 Å². The van der Waals surface area contributed by atoms with Crippen molar-refractivity contribution in [2.75, 3.05) is 32.2 Å². The van der Waals surface area contributed by atoms with E-state index in [4.69, 9.17) is 25.3 Å². The normalized spacial score (nSPS) is 16.3. The molecule has 0 amide bonds. The molecule has 4 rings (SSSR count). The molecule has 3 aromatic rings. The number of anilines is 1. The second kappa shape index (κ2) is 7.85. The highest BCUT2D eigenvalue weighted by molar-refractivity contribution is 5.85. The van der Waals surface area contributed by atoms with Gasteiger partial charge in [-0.25, -0.2) is 9.50 Å². The molecule has 1 aliphatic heterocycles. The topological polar surface area (TPSA) is 77.9 Å². The van der Waals surface area contributed by atoms with Crippen LogP contribution < -0.4 is 20.1 Å². The molecule has 8 heteroatoms. The smallest absolute Gasteiger partial charge is 0.178 e. The van der Waals surface area contributed by atoms with Crippen LogP contribution in [-0.2, 0) is 0 Å². The van der Waals surface area contributed by atoms with E-state index in [1.807, 2.05) is 36.6 Å².